The van der Waals surface area contributed by atoms with Gasteiger partial charge in [0.2, 0.25) is 0 Å². The first-order valence-electron chi connectivity index (χ1n) is 7.65. The van der Waals surface area contributed by atoms with Crippen LogP contribution in [-0.4, -0.2) is 25.8 Å². The number of carbonyl (C=O) groups is 1. The van der Waals surface area contributed by atoms with Crippen molar-refractivity contribution in [2.75, 3.05) is 11.5 Å². The Kier molecular flexibility index (Phi) is 3.85. The van der Waals surface area contributed by atoms with Gasteiger partial charge in [-0.15, -0.1) is 0 Å². The van der Waals surface area contributed by atoms with Crippen molar-refractivity contribution >= 4 is 39.4 Å². The van der Waals surface area contributed by atoms with E-state index in [0.29, 0.717) is 16.6 Å². The molecule has 0 unspecified atom stereocenters. The summed E-state index contributed by atoms with van der Waals surface area (Å²) in [4.78, 5) is 15.3. The molecular weight excluding hydrogens is 355 g/mol. The van der Waals surface area contributed by atoms with E-state index in [2.05, 4.69) is 19.6 Å². The number of carbonyl (C=O) groups excluding carboxylic acids is 1. The number of aromatic amines is 1. The molecule has 5 N–H and O–H groups in total. The molecule has 0 aliphatic rings. The van der Waals surface area contributed by atoms with Gasteiger partial charge in [-0.05, 0) is 29.2 Å². The number of nitrogens with two attached hydrogens (primary N) is 2. The molecule has 0 radical (unpaired) electrons. The number of nitrogens with zero attached hydrogens (tertiary/aromatic N) is 3. The van der Waals surface area contributed by atoms with Crippen molar-refractivity contribution in [3.8, 4) is 22.4 Å². The maximum atomic E-state index is 14.6. The molecule has 0 saturated heterocycles. The summed E-state index contributed by atoms with van der Waals surface area (Å²) in [6, 6.07) is 2.73. The number of rotatable bonds is 4. The monoisotopic (exact) mass is 368 g/mol. The molecular formula is C17H13FN6OS. The van der Waals surface area contributed by atoms with Crippen LogP contribution in [0.5, 0.6) is 0 Å². The maximum absolute atomic E-state index is 14.6. The van der Waals surface area contributed by atoms with Gasteiger partial charge in [0.25, 0.3) is 0 Å². The first kappa shape index (κ1) is 16.2. The number of benzene rings is 1. The molecule has 0 spiro atoms. The minimum Gasteiger partial charge on any atom is -0.398 e. The maximum Gasteiger partial charge on any atom is 0.147 e. The van der Waals surface area contributed by atoms with Crippen molar-refractivity contribution in [2.45, 2.75) is 6.42 Å². The van der Waals surface area contributed by atoms with E-state index in [-0.39, 0.29) is 23.5 Å². The largest absolute Gasteiger partial charge is 0.398 e. The highest BCUT2D eigenvalue weighted by Gasteiger charge is 2.20. The second-order valence-corrected chi connectivity index (χ2v) is 6.45. The van der Waals surface area contributed by atoms with Crippen LogP contribution in [0, 0.1) is 5.82 Å². The molecule has 4 aromatic rings. The van der Waals surface area contributed by atoms with Crippen molar-refractivity contribution < 1.29 is 9.18 Å². The van der Waals surface area contributed by atoms with Crippen molar-refractivity contribution in [1.82, 2.24) is 19.6 Å². The van der Waals surface area contributed by atoms with Crippen LogP contribution < -0.4 is 11.5 Å². The number of hydrogen-bond acceptors (Lipinski definition) is 7. The second-order valence-electron chi connectivity index (χ2n) is 5.68. The lowest BCUT2D eigenvalue weighted by Gasteiger charge is -2.10. The second kappa shape index (κ2) is 6.19. The minimum absolute atomic E-state index is 0.0900. The molecule has 4 rings (SSSR count). The van der Waals surface area contributed by atoms with E-state index in [4.69, 9.17) is 11.5 Å². The summed E-state index contributed by atoms with van der Waals surface area (Å²) < 4.78 is 19.6. The fourth-order valence-electron chi connectivity index (χ4n) is 2.86. The van der Waals surface area contributed by atoms with E-state index in [1.54, 1.807) is 18.6 Å². The number of aromatic nitrogens is 4. The van der Waals surface area contributed by atoms with E-state index in [1.165, 1.54) is 23.7 Å². The predicted octanol–water partition coefficient (Wildman–Crippen LogP) is 2.79. The van der Waals surface area contributed by atoms with Gasteiger partial charge >= 0.3 is 0 Å². The zero-order valence-electron chi connectivity index (χ0n) is 13.4. The lowest BCUT2D eigenvalue weighted by atomic mass is 10.00. The van der Waals surface area contributed by atoms with Gasteiger partial charge in [0.15, 0.2) is 0 Å². The zero-order chi connectivity index (χ0) is 18.3. The molecule has 26 heavy (non-hydrogen) atoms. The van der Waals surface area contributed by atoms with Gasteiger partial charge in [-0.2, -0.15) is 9.47 Å². The normalized spacial score (nSPS) is 11.1. The summed E-state index contributed by atoms with van der Waals surface area (Å²) in [6.07, 6.45) is 5.84. The molecule has 3 aromatic heterocycles. The highest BCUT2D eigenvalue weighted by Crippen LogP contribution is 2.40. The molecule has 7 nitrogen and oxygen atoms in total. The van der Waals surface area contributed by atoms with Gasteiger partial charge < -0.3 is 16.3 Å². The molecule has 9 heteroatoms. The SMILES string of the molecule is Nc1cc(F)c(-c2ncc(-c3cn[nH]c3)c3snc(N)c23)cc1CC=O. The average molecular weight is 368 g/mol. The Morgan fingerprint density at radius 3 is 2.81 bits per heavy atom. The number of fused-ring (bicyclic) bond motifs is 1. The van der Waals surface area contributed by atoms with Crippen molar-refractivity contribution in [3.63, 3.8) is 0 Å². The number of anilines is 2. The fourth-order valence-corrected chi connectivity index (χ4v) is 3.70. The molecule has 0 amide bonds. The van der Waals surface area contributed by atoms with Crippen LogP contribution in [0.4, 0.5) is 15.9 Å². The summed E-state index contributed by atoms with van der Waals surface area (Å²) in [5.74, 6) is -0.265. The number of nitrogen functional groups attached to an aromatic ring is 2. The van der Waals surface area contributed by atoms with Crippen molar-refractivity contribution in [2.24, 2.45) is 0 Å². The zero-order valence-corrected chi connectivity index (χ0v) is 14.2. The minimum atomic E-state index is -0.535. The van der Waals surface area contributed by atoms with Gasteiger partial charge in [-0.25, -0.2) is 4.39 Å². The van der Waals surface area contributed by atoms with Gasteiger partial charge in [0, 0.05) is 41.2 Å². The van der Waals surface area contributed by atoms with Crippen LogP contribution >= 0.6 is 11.5 Å². The van der Waals surface area contributed by atoms with Crippen LogP contribution in [0.3, 0.4) is 0 Å². The summed E-state index contributed by atoms with van der Waals surface area (Å²) in [5.41, 5.74) is 14.8. The lowest BCUT2D eigenvalue weighted by molar-refractivity contribution is -0.107. The van der Waals surface area contributed by atoms with E-state index < -0.39 is 5.82 Å². The molecule has 0 bridgehead atoms. The lowest BCUT2D eigenvalue weighted by Crippen LogP contribution is -2.00. The fraction of sp³-hybridized carbons (Fsp3) is 0.0588. The highest BCUT2D eigenvalue weighted by molar-refractivity contribution is 7.14. The first-order chi connectivity index (χ1) is 12.6. The number of nitrogens with one attached hydrogen (secondary N) is 1. The topological polar surface area (TPSA) is 124 Å². The molecule has 0 aliphatic carbocycles. The molecule has 0 atom stereocenters. The Hall–Kier alpha value is -3.33. The van der Waals surface area contributed by atoms with Crippen LogP contribution in [0.15, 0.2) is 30.7 Å². The number of halogens is 1. The highest BCUT2D eigenvalue weighted by atomic mass is 32.1. The van der Waals surface area contributed by atoms with E-state index in [0.717, 1.165) is 22.1 Å². The number of aldehydes is 1. The van der Waals surface area contributed by atoms with E-state index >= 15 is 0 Å². The van der Waals surface area contributed by atoms with Gasteiger partial charge in [-0.1, -0.05) is 0 Å². The molecule has 3 heterocycles. The van der Waals surface area contributed by atoms with Gasteiger partial charge in [0.05, 0.1) is 22.0 Å². The van der Waals surface area contributed by atoms with Crippen molar-refractivity contribution in [3.05, 3.63) is 42.1 Å². The number of H-pyrrole nitrogens is 1. The summed E-state index contributed by atoms with van der Waals surface area (Å²) >= 11 is 1.21. The number of pyridine rings is 1. The summed E-state index contributed by atoms with van der Waals surface area (Å²) in [6.45, 7) is 0. The van der Waals surface area contributed by atoms with Crippen LogP contribution in [0.2, 0.25) is 0 Å². The van der Waals surface area contributed by atoms with Crippen LogP contribution in [0.1, 0.15) is 5.56 Å². The van der Waals surface area contributed by atoms with Crippen molar-refractivity contribution in [1.29, 1.82) is 0 Å². The van der Waals surface area contributed by atoms with Gasteiger partial charge in [0.1, 0.15) is 17.9 Å². The first-order valence-corrected chi connectivity index (χ1v) is 8.42. The quantitative estimate of drug-likeness (QED) is 0.376. The van der Waals surface area contributed by atoms with Crippen LogP contribution in [-0.2, 0) is 11.2 Å². The summed E-state index contributed by atoms with van der Waals surface area (Å²) in [5, 5.41) is 7.26. The van der Waals surface area contributed by atoms with Gasteiger partial charge in [-0.3, -0.25) is 10.1 Å². The third kappa shape index (κ3) is 2.49. The average Bonchev–Trinajstić information content (AvgIpc) is 3.28. The van der Waals surface area contributed by atoms with Crippen LogP contribution in [0.25, 0.3) is 32.5 Å². The standard InChI is InChI=1S/C17H13FN6OS/c18-12-4-13(19)8(1-2-25)3-10(12)15-14-16(26-24-17(14)20)11(7-21-15)9-5-22-23-6-9/h2-7H,1,19H2,(H2,20,24)(H,22,23). The Morgan fingerprint density at radius 1 is 1.23 bits per heavy atom. The Balaban J connectivity index is 1.99. The Bertz CT molecular complexity index is 1120. The molecule has 0 fully saturated rings. The smallest absolute Gasteiger partial charge is 0.147 e. The Morgan fingerprint density at radius 2 is 2.08 bits per heavy atom. The van der Waals surface area contributed by atoms with E-state index in [1.807, 2.05) is 0 Å². The summed E-state index contributed by atoms with van der Waals surface area (Å²) in [7, 11) is 0. The Labute approximate surface area is 151 Å². The third-order valence-electron chi connectivity index (χ3n) is 4.12. The van der Waals surface area contributed by atoms with E-state index in [9.17, 15) is 9.18 Å². The predicted molar refractivity (Wildman–Crippen MR) is 99.0 cm³/mol. The molecule has 0 saturated carbocycles. The molecule has 130 valence electrons. The number of hydrogen-bond donors (Lipinski definition) is 3. The molecule has 1 aromatic carbocycles. The third-order valence-corrected chi connectivity index (χ3v) is 5.01. The molecule has 0 aliphatic heterocycles.